The zero-order valence-electron chi connectivity index (χ0n) is 11.7. The van der Waals surface area contributed by atoms with Crippen LogP contribution in [0, 0.1) is 6.92 Å². The molecule has 1 saturated heterocycles. The second-order valence-electron chi connectivity index (χ2n) is 3.72. The summed E-state index contributed by atoms with van der Waals surface area (Å²) in [5, 5.41) is 3.41. The van der Waals surface area contributed by atoms with Gasteiger partial charge in [0.05, 0.1) is 11.2 Å². The van der Waals surface area contributed by atoms with Gasteiger partial charge in [0.1, 0.15) is 5.75 Å². The number of methoxy groups -OCH3 is 1. The second kappa shape index (κ2) is 5.38. The van der Waals surface area contributed by atoms with Gasteiger partial charge in [-0.1, -0.05) is 12.1 Å². The van der Waals surface area contributed by atoms with Gasteiger partial charge in [0, 0.05) is 6.04 Å². The maximum atomic E-state index is 7.14. The lowest BCUT2D eigenvalue weighted by Gasteiger charge is -2.15. The summed E-state index contributed by atoms with van der Waals surface area (Å²) in [6.45, 7) is 2.94. The Morgan fingerprint density at radius 3 is 3.07 bits per heavy atom. The SMILES string of the molecule is Cl.[2H]C([2H])([2H])Oc1cccc(C2CCCN2)c1C. The number of rotatable bonds is 2. The van der Waals surface area contributed by atoms with Gasteiger partial charge in [-0.3, -0.25) is 0 Å². The fourth-order valence-electron chi connectivity index (χ4n) is 2.07. The topological polar surface area (TPSA) is 21.3 Å². The third-order valence-corrected chi connectivity index (χ3v) is 2.87. The molecule has 1 aromatic rings. The molecule has 3 heteroatoms. The molecular formula is C12H18ClNO. The van der Waals surface area contributed by atoms with Crippen molar-refractivity contribution in [3.05, 3.63) is 29.3 Å². The normalized spacial score (nSPS) is 23.5. The van der Waals surface area contributed by atoms with Crippen molar-refractivity contribution in [1.29, 1.82) is 0 Å². The molecule has 1 fully saturated rings. The highest BCUT2D eigenvalue weighted by molar-refractivity contribution is 5.85. The Morgan fingerprint density at radius 1 is 1.53 bits per heavy atom. The Balaban J connectivity index is 0.00000162. The molecule has 1 N–H and O–H groups in total. The first kappa shape index (κ1) is 8.43. The summed E-state index contributed by atoms with van der Waals surface area (Å²) >= 11 is 0. The molecule has 0 aromatic heterocycles. The minimum absolute atomic E-state index is 0. The molecule has 1 aliphatic rings. The van der Waals surface area contributed by atoms with Crippen molar-refractivity contribution in [2.75, 3.05) is 13.6 Å². The van der Waals surface area contributed by atoms with E-state index in [0.29, 0.717) is 11.8 Å². The smallest absolute Gasteiger partial charge is 0.122 e. The Kier molecular flexibility index (Phi) is 3.02. The van der Waals surface area contributed by atoms with E-state index in [1.54, 1.807) is 6.07 Å². The largest absolute Gasteiger partial charge is 0.496 e. The molecule has 2 rings (SSSR count). The number of ether oxygens (including phenoxy) is 1. The van der Waals surface area contributed by atoms with Crippen molar-refractivity contribution in [3.8, 4) is 5.75 Å². The lowest BCUT2D eigenvalue weighted by Crippen LogP contribution is -2.14. The van der Waals surface area contributed by atoms with Crippen molar-refractivity contribution in [3.63, 3.8) is 0 Å². The lowest BCUT2D eigenvalue weighted by atomic mass is 9.99. The van der Waals surface area contributed by atoms with E-state index < -0.39 is 7.04 Å². The molecule has 2 nitrogen and oxygen atoms in total. The number of nitrogens with one attached hydrogen (secondary N) is 1. The van der Waals surface area contributed by atoms with Crippen LogP contribution >= 0.6 is 12.4 Å². The number of benzene rings is 1. The summed E-state index contributed by atoms with van der Waals surface area (Å²) in [6, 6.07) is 5.92. The Labute approximate surface area is 102 Å². The first-order valence-electron chi connectivity index (χ1n) is 6.49. The molecule has 0 aliphatic carbocycles. The van der Waals surface area contributed by atoms with E-state index in [9.17, 15) is 0 Å². The Hall–Kier alpha value is -0.730. The fourth-order valence-corrected chi connectivity index (χ4v) is 2.07. The van der Waals surface area contributed by atoms with E-state index >= 15 is 0 Å². The zero-order chi connectivity index (χ0) is 12.5. The Bertz CT molecular complexity index is 403. The molecule has 1 unspecified atom stereocenters. The molecule has 15 heavy (non-hydrogen) atoms. The predicted molar refractivity (Wildman–Crippen MR) is 65.0 cm³/mol. The van der Waals surface area contributed by atoms with Crippen molar-refractivity contribution in [1.82, 2.24) is 5.32 Å². The van der Waals surface area contributed by atoms with E-state index in [2.05, 4.69) is 5.32 Å². The average molecular weight is 231 g/mol. The molecule has 1 atom stereocenters. The highest BCUT2D eigenvalue weighted by Crippen LogP contribution is 2.30. The highest BCUT2D eigenvalue weighted by Gasteiger charge is 2.18. The minimum Gasteiger partial charge on any atom is -0.496 e. The van der Waals surface area contributed by atoms with E-state index in [4.69, 9.17) is 8.85 Å². The van der Waals surface area contributed by atoms with E-state index in [0.717, 1.165) is 30.5 Å². The van der Waals surface area contributed by atoms with Crippen LogP contribution in [-0.4, -0.2) is 13.6 Å². The number of hydrogen-bond donors (Lipinski definition) is 1. The molecule has 0 saturated carbocycles. The van der Waals surface area contributed by atoms with Crippen LogP contribution in [0.5, 0.6) is 5.75 Å². The van der Waals surface area contributed by atoms with Crippen LogP contribution in [0.4, 0.5) is 0 Å². The molecule has 0 spiro atoms. The van der Waals surface area contributed by atoms with Crippen LogP contribution in [0.25, 0.3) is 0 Å². The predicted octanol–water partition coefficient (Wildman–Crippen LogP) is 2.85. The molecule has 1 aliphatic heterocycles. The minimum atomic E-state index is -2.38. The van der Waals surface area contributed by atoms with Crippen LogP contribution in [-0.2, 0) is 0 Å². The summed E-state index contributed by atoms with van der Waals surface area (Å²) in [7, 11) is -2.38. The third kappa shape index (κ3) is 2.44. The van der Waals surface area contributed by atoms with Gasteiger partial charge in [-0.25, -0.2) is 0 Å². The monoisotopic (exact) mass is 230 g/mol. The Morgan fingerprint density at radius 2 is 2.40 bits per heavy atom. The quantitative estimate of drug-likeness (QED) is 0.844. The second-order valence-corrected chi connectivity index (χ2v) is 3.72. The van der Waals surface area contributed by atoms with Gasteiger partial charge in [-0.15, -0.1) is 12.4 Å². The summed E-state index contributed by atoms with van der Waals surface area (Å²) < 4.78 is 26.4. The molecule has 1 aromatic carbocycles. The molecular weight excluding hydrogens is 210 g/mol. The molecule has 84 valence electrons. The van der Waals surface area contributed by atoms with E-state index in [1.807, 2.05) is 19.1 Å². The van der Waals surface area contributed by atoms with Crippen LogP contribution < -0.4 is 10.1 Å². The summed E-state index contributed by atoms with van der Waals surface area (Å²) in [6.07, 6.45) is 2.26. The van der Waals surface area contributed by atoms with Crippen LogP contribution in [0.3, 0.4) is 0 Å². The van der Waals surface area contributed by atoms with Gasteiger partial charge in [-0.05, 0) is 43.5 Å². The van der Waals surface area contributed by atoms with Crippen molar-refractivity contribution >= 4 is 12.4 Å². The van der Waals surface area contributed by atoms with E-state index in [-0.39, 0.29) is 12.4 Å². The lowest BCUT2D eigenvalue weighted by molar-refractivity contribution is 0.410. The first-order chi connectivity index (χ1) is 7.97. The van der Waals surface area contributed by atoms with Crippen molar-refractivity contribution < 1.29 is 8.85 Å². The highest BCUT2D eigenvalue weighted by atomic mass is 35.5. The molecule has 0 amide bonds. The maximum absolute atomic E-state index is 7.14. The van der Waals surface area contributed by atoms with Crippen molar-refractivity contribution in [2.45, 2.75) is 25.8 Å². The zero-order valence-corrected chi connectivity index (χ0v) is 9.56. The molecule has 0 bridgehead atoms. The summed E-state index contributed by atoms with van der Waals surface area (Å²) in [5.41, 5.74) is 2.06. The summed E-state index contributed by atoms with van der Waals surface area (Å²) in [4.78, 5) is 0. The fraction of sp³-hybridized carbons (Fsp3) is 0.500. The molecule has 1 heterocycles. The van der Waals surface area contributed by atoms with Gasteiger partial charge in [0.25, 0.3) is 0 Å². The number of hydrogen-bond acceptors (Lipinski definition) is 2. The number of halogens is 1. The van der Waals surface area contributed by atoms with Gasteiger partial charge in [0.2, 0.25) is 0 Å². The third-order valence-electron chi connectivity index (χ3n) is 2.87. The maximum Gasteiger partial charge on any atom is 0.122 e. The standard InChI is InChI=1S/C12H17NO.ClH/c1-9-10(11-6-4-8-13-11)5-3-7-12(9)14-2;/h3,5,7,11,13H,4,6,8H2,1-2H3;1H/i2D3;. The van der Waals surface area contributed by atoms with Crippen LogP contribution in [0.2, 0.25) is 0 Å². The molecule has 0 radical (unpaired) electrons. The summed E-state index contributed by atoms with van der Waals surface area (Å²) in [5.74, 6) is 0.455. The van der Waals surface area contributed by atoms with Gasteiger partial charge < -0.3 is 10.1 Å². The van der Waals surface area contributed by atoms with Crippen LogP contribution in [0.15, 0.2) is 18.2 Å². The van der Waals surface area contributed by atoms with Gasteiger partial charge in [-0.2, -0.15) is 0 Å². The van der Waals surface area contributed by atoms with Gasteiger partial charge >= 0.3 is 0 Å². The van der Waals surface area contributed by atoms with Gasteiger partial charge in [0.15, 0.2) is 0 Å². The first-order valence-corrected chi connectivity index (χ1v) is 4.99. The van der Waals surface area contributed by atoms with Crippen molar-refractivity contribution in [2.24, 2.45) is 0 Å². The van der Waals surface area contributed by atoms with E-state index in [1.165, 1.54) is 0 Å². The average Bonchev–Trinajstić information content (AvgIpc) is 2.72. The van der Waals surface area contributed by atoms with Crippen LogP contribution in [0.1, 0.15) is 34.1 Å².